The Labute approximate surface area is 111 Å². The fraction of sp³-hybridized carbons (Fsp3) is 0.364. The van der Waals surface area contributed by atoms with Crippen LogP contribution in [0.2, 0.25) is 0 Å². The molecule has 0 bridgehead atoms. The van der Waals surface area contributed by atoms with Crippen molar-refractivity contribution >= 4 is 21.9 Å². The maximum atomic E-state index is 11.9. The molecule has 0 amide bonds. The molecular weight excluding hydrogens is 272 g/mol. The molecule has 0 radical (unpaired) electrons. The van der Waals surface area contributed by atoms with E-state index in [2.05, 4.69) is 4.72 Å². The molecule has 106 valence electrons. The molecule has 3 N–H and O–H groups in total. The number of hydrogen-bond acceptors (Lipinski definition) is 4. The second-order valence-electron chi connectivity index (χ2n) is 3.65. The van der Waals surface area contributed by atoms with E-state index < -0.39 is 16.2 Å². The largest absolute Gasteiger partial charge is 0.478 e. The Morgan fingerprint density at radius 2 is 1.89 bits per heavy atom. The number of carboxylic acids is 1. The number of carboxylic acid groups (broad SMARTS) is 1. The summed E-state index contributed by atoms with van der Waals surface area (Å²) in [5.41, 5.74) is 0.355. The van der Waals surface area contributed by atoms with Gasteiger partial charge in [0.25, 0.3) is 0 Å². The zero-order chi connectivity index (χ0) is 14.5. The van der Waals surface area contributed by atoms with Crippen molar-refractivity contribution in [2.75, 3.05) is 24.0 Å². The highest BCUT2D eigenvalue weighted by Crippen LogP contribution is 2.18. The van der Waals surface area contributed by atoms with Crippen molar-refractivity contribution in [1.29, 1.82) is 0 Å². The van der Waals surface area contributed by atoms with E-state index in [9.17, 15) is 13.2 Å². The second kappa shape index (κ2) is 6.50. The molecule has 1 aromatic carbocycles. The van der Waals surface area contributed by atoms with Crippen molar-refractivity contribution < 1.29 is 23.4 Å². The first-order valence-corrected chi connectivity index (χ1v) is 7.08. The molecule has 0 saturated heterocycles. The van der Waals surface area contributed by atoms with Crippen molar-refractivity contribution in [3.8, 4) is 0 Å². The lowest BCUT2D eigenvalue weighted by molar-refractivity contribution is 0.0697. The summed E-state index contributed by atoms with van der Waals surface area (Å²) in [6, 6.07) is 5.38. The summed E-state index contributed by atoms with van der Waals surface area (Å²) in [7, 11) is -3.74. The fourth-order valence-corrected chi connectivity index (χ4v) is 2.75. The zero-order valence-corrected chi connectivity index (χ0v) is 11.2. The average molecular weight is 288 g/mol. The number of aromatic carboxylic acids is 1. The van der Waals surface area contributed by atoms with E-state index in [4.69, 9.17) is 10.2 Å². The normalized spacial score (nSPS) is 11.3. The first kappa shape index (κ1) is 15.4. The second-order valence-corrected chi connectivity index (χ2v) is 5.33. The Morgan fingerprint density at radius 3 is 2.32 bits per heavy atom. The van der Waals surface area contributed by atoms with E-state index in [0.29, 0.717) is 5.69 Å². The van der Waals surface area contributed by atoms with E-state index >= 15 is 0 Å². The lowest BCUT2D eigenvalue weighted by atomic mass is 10.2. The summed E-state index contributed by atoms with van der Waals surface area (Å²) in [5.74, 6) is -1.09. The average Bonchev–Trinajstić information content (AvgIpc) is 2.36. The third-order valence-electron chi connectivity index (χ3n) is 2.32. The number of benzene rings is 1. The lowest BCUT2D eigenvalue weighted by Crippen LogP contribution is -2.42. The zero-order valence-electron chi connectivity index (χ0n) is 10.4. The molecule has 0 aromatic heterocycles. The van der Waals surface area contributed by atoms with Crippen LogP contribution >= 0.6 is 0 Å². The SMILES string of the molecule is CCNS(=O)(=O)N(CCO)c1ccc(C(=O)O)cc1. The quantitative estimate of drug-likeness (QED) is 0.656. The summed E-state index contributed by atoms with van der Waals surface area (Å²) in [6.45, 7) is 1.41. The number of carbonyl (C=O) groups is 1. The van der Waals surface area contributed by atoms with Crippen LogP contribution in [0.15, 0.2) is 24.3 Å². The first-order valence-electron chi connectivity index (χ1n) is 5.64. The summed E-state index contributed by atoms with van der Waals surface area (Å²) in [6.07, 6.45) is 0. The van der Waals surface area contributed by atoms with Crippen LogP contribution in [0.1, 0.15) is 17.3 Å². The molecule has 0 aliphatic rings. The fourth-order valence-electron chi connectivity index (χ4n) is 1.51. The van der Waals surface area contributed by atoms with Crippen molar-refractivity contribution in [2.24, 2.45) is 0 Å². The Morgan fingerprint density at radius 1 is 1.32 bits per heavy atom. The van der Waals surface area contributed by atoms with E-state index in [1.807, 2.05) is 0 Å². The minimum Gasteiger partial charge on any atom is -0.478 e. The summed E-state index contributed by atoms with van der Waals surface area (Å²) in [5, 5.41) is 17.7. The lowest BCUT2D eigenvalue weighted by Gasteiger charge is -2.23. The molecule has 0 unspecified atom stereocenters. The van der Waals surface area contributed by atoms with Crippen LogP contribution in [0.5, 0.6) is 0 Å². The molecular formula is C11H16N2O5S. The van der Waals surface area contributed by atoms with Crippen LogP contribution in [-0.4, -0.2) is 44.3 Å². The molecule has 0 atom stereocenters. The van der Waals surface area contributed by atoms with Crippen LogP contribution in [0, 0.1) is 0 Å². The van der Waals surface area contributed by atoms with Crippen LogP contribution < -0.4 is 9.03 Å². The van der Waals surface area contributed by atoms with E-state index in [-0.39, 0.29) is 25.3 Å². The number of aliphatic hydroxyl groups excluding tert-OH is 1. The van der Waals surface area contributed by atoms with Gasteiger partial charge in [0.15, 0.2) is 0 Å². The minimum absolute atomic E-state index is 0.0635. The maximum Gasteiger partial charge on any atom is 0.335 e. The number of hydrogen-bond donors (Lipinski definition) is 3. The molecule has 0 aliphatic heterocycles. The highest BCUT2D eigenvalue weighted by atomic mass is 32.2. The Balaban J connectivity index is 3.09. The molecule has 8 heteroatoms. The summed E-state index contributed by atoms with van der Waals surface area (Å²) >= 11 is 0. The highest BCUT2D eigenvalue weighted by molar-refractivity contribution is 7.90. The van der Waals surface area contributed by atoms with Gasteiger partial charge >= 0.3 is 16.2 Å². The third-order valence-corrected chi connectivity index (χ3v) is 3.95. The van der Waals surface area contributed by atoms with Gasteiger partial charge in [0.05, 0.1) is 24.4 Å². The molecule has 1 aromatic rings. The monoisotopic (exact) mass is 288 g/mol. The van der Waals surface area contributed by atoms with Crippen LogP contribution in [0.4, 0.5) is 5.69 Å². The van der Waals surface area contributed by atoms with Gasteiger partial charge in [-0.2, -0.15) is 13.1 Å². The standard InChI is InChI=1S/C11H16N2O5S/c1-2-12-19(17,18)13(7-8-14)10-5-3-9(4-6-10)11(15)16/h3-6,12,14H,2,7-8H2,1H3,(H,15,16). The number of nitrogens with one attached hydrogen (secondary N) is 1. The molecule has 0 fully saturated rings. The third kappa shape index (κ3) is 3.91. The van der Waals surface area contributed by atoms with Crippen LogP contribution in [0.25, 0.3) is 0 Å². The number of nitrogens with zero attached hydrogens (tertiary/aromatic N) is 1. The van der Waals surface area contributed by atoms with Gasteiger partial charge in [0.2, 0.25) is 0 Å². The topological polar surface area (TPSA) is 107 Å². The first-order chi connectivity index (χ1) is 8.92. The molecule has 0 spiro atoms. The molecule has 19 heavy (non-hydrogen) atoms. The minimum atomic E-state index is -3.74. The number of aliphatic hydroxyl groups is 1. The smallest absolute Gasteiger partial charge is 0.335 e. The molecule has 0 aliphatic carbocycles. The summed E-state index contributed by atoms with van der Waals surface area (Å²) in [4.78, 5) is 10.7. The predicted octanol–water partition coefficient (Wildman–Crippen LogP) is 0.0378. The van der Waals surface area contributed by atoms with Gasteiger partial charge in [-0.05, 0) is 24.3 Å². The van der Waals surface area contributed by atoms with E-state index in [1.54, 1.807) is 6.92 Å². The van der Waals surface area contributed by atoms with Crippen molar-refractivity contribution in [1.82, 2.24) is 4.72 Å². The van der Waals surface area contributed by atoms with Crippen molar-refractivity contribution in [3.63, 3.8) is 0 Å². The van der Waals surface area contributed by atoms with Crippen LogP contribution in [-0.2, 0) is 10.2 Å². The number of rotatable bonds is 7. The van der Waals surface area contributed by atoms with Gasteiger partial charge in [0.1, 0.15) is 0 Å². The molecule has 0 heterocycles. The number of anilines is 1. The maximum absolute atomic E-state index is 11.9. The van der Waals surface area contributed by atoms with E-state index in [1.165, 1.54) is 24.3 Å². The van der Waals surface area contributed by atoms with Gasteiger partial charge in [-0.1, -0.05) is 6.92 Å². The van der Waals surface area contributed by atoms with E-state index in [0.717, 1.165) is 4.31 Å². The molecule has 7 nitrogen and oxygen atoms in total. The van der Waals surface area contributed by atoms with Crippen molar-refractivity contribution in [3.05, 3.63) is 29.8 Å². The molecule has 1 rings (SSSR count). The van der Waals surface area contributed by atoms with Crippen LogP contribution in [0.3, 0.4) is 0 Å². The molecule has 0 saturated carbocycles. The Kier molecular flexibility index (Phi) is 5.28. The highest BCUT2D eigenvalue weighted by Gasteiger charge is 2.21. The van der Waals surface area contributed by atoms with Gasteiger partial charge in [-0.3, -0.25) is 4.31 Å². The predicted molar refractivity (Wildman–Crippen MR) is 70.4 cm³/mol. The van der Waals surface area contributed by atoms with Gasteiger partial charge in [-0.15, -0.1) is 0 Å². The Bertz CT molecular complexity index is 527. The van der Waals surface area contributed by atoms with Gasteiger partial charge in [0, 0.05) is 6.54 Å². The Hall–Kier alpha value is -1.64. The summed E-state index contributed by atoms with van der Waals surface area (Å²) < 4.78 is 27.2. The van der Waals surface area contributed by atoms with Gasteiger partial charge in [-0.25, -0.2) is 4.79 Å². The van der Waals surface area contributed by atoms with Gasteiger partial charge < -0.3 is 10.2 Å². The van der Waals surface area contributed by atoms with Crippen molar-refractivity contribution in [2.45, 2.75) is 6.92 Å².